The van der Waals surface area contributed by atoms with Crippen LogP contribution in [0.5, 0.6) is 0 Å². The Balaban J connectivity index is 2.26. The van der Waals surface area contributed by atoms with Crippen LogP contribution in [0.25, 0.3) is 0 Å². The number of alkyl halides is 1. The number of nitrogens with zero attached hydrogens (tertiary/aromatic N) is 1. The van der Waals surface area contributed by atoms with E-state index in [1.807, 2.05) is 30.3 Å². The maximum atomic E-state index is 10.5. The molecule has 1 atom stereocenters. The van der Waals surface area contributed by atoms with Gasteiger partial charge < -0.3 is 0 Å². The van der Waals surface area contributed by atoms with Crippen molar-refractivity contribution in [3.05, 3.63) is 75.8 Å². The summed E-state index contributed by atoms with van der Waals surface area (Å²) in [6, 6.07) is 15.9. The van der Waals surface area contributed by atoms with E-state index < -0.39 is 4.92 Å². The summed E-state index contributed by atoms with van der Waals surface area (Å²) in [4.78, 5) is 10.1. The number of benzene rings is 2. The molecule has 0 aliphatic heterocycles. The molecule has 0 bridgehead atoms. The van der Waals surface area contributed by atoms with E-state index in [9.17, 15) is 10.1 Å². The number of rotatable bonds is 3. The fourth-order valence-electron chi connectivity index (χ4n) is 1.58. The van der Waals surface area contributed by atoms with Crippen molar-refractivity contribution in [3.8, 4) is 0 Å². The summed E-state index contributed by atoms with van der Waals surface area (Å²) in [6.07, 6.45) is 0. The van der Waals surface area contributed by atoms with Crippen LogP contribution in [0.2, 0.25) is 0 Å². The third-order valence-electron chi connectivity index (χ3n) is 2.49. The maximum absolute atomic E-state index is 10.5. The molecule has 0 aromatic heterocycles. The number of halogens is 1. The molecule has 4 heteroatoms. The molecule has 0 fully saturated rings. The van der Waals surface area contributed by atoms with Gasteiger partial charge in [-0.3, -0.25) is 10.1 Å². The Hall–Kier alpha value is -1.87. The first-order valence-electron chi connectivity index (χ1n) is 5.12. The summed E-state index contributed by atoms with van der Waals surface area (Å²) in [5, 5.41) is 10.2. The summed E-state index contributed by atoms with van der Waals surface area (Å²) in [5.74, 6) is 0. The highest BCUT2D eigenvalue weighted by Crippen LogP contribution is 2.29. The maximum Gasteiger partial charge on any atom is 0.269 e. The predicted molar refractivity (Wildman–Crippen MR) is 67.2 cm³/mol. The second-order valence-corrected chi connectivity index (χ2v) is 4.06. The molecule has 0 radical (unpaired) electrons. The molecule has 3 nitrogen and oxygen atoms in total. The Morgan fingerprint density at radius 3 is 2.00 bits per heavy atom. The van der Waals surface area contributed by atoms with Crippen LogP contribution in [0.4, 0.5) is 5.69 Å². The lowest BCUT2D eigenvalue weighted by Crippen LogP contribution is -1.94. The van der Waals surface area contributed by atoms with Crippen molar-refractivity contribution in [2.45, 2.75) is 5.38 Å². The van der Waals surface area contributed by atoms with Crippen LogP contribution in [0.1, 0.15) is 16.5 Å². The zero-order valence-electron chi connectivity index (χ0n) is 8.92. The Labute approximate surface area is 104 Å². The van der Waals surface area contributed by atoms with Crippen LogP contribution in [-0.4, -0.2) is 4.92 Å². The van der Waals surface area contributed by atoms with Crippen LogP contribution >= 0.6 is 11.6 Å². The minimum atomic E-state index is -0.421. The van der Waals surface area contributed by atoms with Gasteiger partial charge in [0.2, 0.25) is 0 Å². The van der Waals surface area contributed by atoms with Gasteiger partial charge in [0, 0.05) is 12.1 Å². The first-order chi connectivity index (χ1) is 8.18. The molecule has 17 heavy (non-hydrogen) atoms. The number of nitro groups is 1. The third-order valence-corrected chi connectivity index (χ3v) is 2.99. The van der Waals surface area contributed by atoms with E-state index in [-0.39, 0.29) is 11.1 Å². The number of non-ortho nitro benzene ring substituents is 1. The molecule has 86 valence electrons. The number of hydrogen-bond acceptors (Lipinski definition) is 2. The lowest BCUT2D eigenvalue weighted by Gasteiger charge is -2.09. The third kappa shape index (κ3) is 2.63. The van der Waals surface area contributed by atoms with Crippen molar-refractivity contribution in [1.29, 1.82) is 0 Å². The molecule has 0 unspecified atom stereocenters. The van der Waals surface area contributed by atoms with Gasteiger partial charge in [0.05, 0.1) is 10.3 Å². The van der Waals surface area contributed by atoms with Gasteiger partial charge in [-0.25, -0.2) is 0 Å². The average molecular weight is 248 g/mol. The Bertz CT molecular complexity index is 511. The van der Waals surface area contributed by atoms with Crippen molar-refractivity contribution >= 4 is 17.3 Å². The largest absolute Gasteiger partial charge is 0.269 e. The van der Waals surface area contributed by atoms with Crippen LogP contribution < -0.4 is 0 Å². The van der Waals surface area contributed by atoms with Gasteiger partial charge in [-0.2, -0.15) is 0 Å². The van der Waals surface area contributed by atoms with Gasteiger partial charge in [0.25, 0.3) is 5.69 Å². The zero-order chi connectivity index (χ0) is 12.3. The first kappa shape index (κ1) is 11.6. The minimum Gasteiger partial charge on any atom is -0.258 e. The molecule has 0 aliphatic carbocycles. The fourth-order valence-corrected chi connectivity index (χ4v) is 1.87. The van der Waals surface area contributed by atoms with E-state index in [1.54, 1.807) is 12.1 Å². The molecule has 2 rings (SSSR count). The number of nitro benzene ring substituents is 1. The second kappa shape index (κ2) is 4.97. The normalized spacial score (nSPS) is 12.1. The standard InChI is InChI=1S/C13H10ClNO2/c14-13(10-4-2-1-3-5-10)11-6-8-12(9-7-11)15(16)17/h1-9,13H/t13-/m1/s1. The van der Waals surface area contributed by atoms with Crippen LogP contribution in [0.15, 0.2) is 54.6 Å². The smallest absolute Gasteiger partial charge is 0.258 e. The van der Waals surface area contributed by atoms with E-state index in [0.717, 1.165) is 11.1 Å². The van der Waals surface area contributed by atoms with Crippen molar-refractivity contribution in [1.82, 2.24) is 0 Å². The molecule has 0 saturated heterocycles. The summed E-state index contributed by atoms with van der Waals surface area (Å²) < 4.78 is 0. The monoisotopic (exact) mass is 247 g/mol. The minimum absolute atomic E-state index is 0.0747. The molecule has 0 amide bonds. The predicted octanol–water partition coefficient (Wildman–Crippen LogP) is 3.92. The average Bonchev–Trinajstić information content (AvgIpc) is 2.39. The summed E-state index contributed by atoms with van der Waals surface area (Å²) >= 11 is 6.29. The molecule has 0 heterocycles. The van der Waals surface area contributed by atoms with Crippen LogP contribution in [-0.2, 0) is 0 Å². The van der Waals surface area contributed by atoms with Crippen molar-refractivity contribution in [2.75, 3.05) is 0 Å². The Morgan fingerprint density at radius 2 is 1.47 bits per heavy atom. The van der Waals surface area contributed by atoms with Gasteiger partial charge in [0.15, 0.2) is 0 Å². The molecule has 2 aromatic rings. The number of hydrogen-bond donors (Lipinski definition) is 0. The highest BCUT2D eigenvalue weighted by molar-refractivity contribution is 6.22. The van der Waals surface area contributed by atoms with Crippen molar-refractivity contribution in [3.63, 3.8) is 0 Å². The summed E-state index contributed by atoms with van der Waals surface area (Å²) in [6.45, 7) is 0. The summed E-state index contributed by atoms with van der Waals surface area (Å²) in [5.41, 5.74) is 1.90. The van der Waals surface area contributed by atoms with E-state index in [2.05, 4.69) is 0 Å². The SMILES string of the molecule is O=[N+]([O-])c1ccc([C@H](Cl)c2ccccc2)cc1. The second-order valence-electron chi connectivity index (χ2n) is 3.62. The zero-order valence-corrected chi connectivity index (χ0v) is 9.67. The lowest BCUT2D eigenvalue weighted by atomic mass is 10.0. The molecular formula is C13H10ClNO2. The molecule has 0 N–H and O–H groups in total. The van der Waals surface area contributed by atoms with Gasteiger partial charge in [-0.1, -0.05) is 42.5 Å². The van der Waals surface area contributed by atoms with Crippen LogP contribution in [0.3, 0.4) is 0 Å². The van der Waals surface area contributed by atoms with Crippen LogP contribution in [0, 0.1) is 10.1 Å². The highest BCUT2D eigenvalue weighted by Gasteiger charge is 2.12. The molecular weight excluding hydrogens is 238 g/mol. The fraction of sp³-hybridized carbons (Fsp3) is 0.0769. The van der Waals surface area contributed by atoms with Crippen molar-refractivity contribution < 1.29 is 4.92 Å². The molecule has 0 aliphatic rings. The Kier molecular flexibility index (Phi) is 3.40. The Morgan fingerprint density at radius 1 is 0.941 bits per heavy atom. The van der Waals surface area contributed by atoms with Crippen molar-refractivity contribution in [2.24, 2.45) is 0 Å². The highest BCUT2D eigenvalue weighted by atomic mass is 35.5. The van der Waals surface area contributed by atoms with E-state index in [4.69, 9.17) is 11.6 Å². The lowest BCUT2D eigenvalue weighted by molar-refractivity contribution is -0.384. The van der Waals surface area contributed by atoms with Gasteiger partial charge in [-0.05, 0) is 11.1 Å². The van der Waals surface area contributed by atoms with E-state index in [0.29, 0.717) is 0 Å². The first-order valence-corrected chi connectivity index (χ1v) is 5.55. The van der Waals surface area contributed by atoms with E-state index in [1.165, 1.54) is 12.1 Å². The molecule has 0 spiro atoms. The molecule has 0 saturated carbocycles. The topological polar surface area (TPSA) is 43.1 Å². The van der Waals surface area contributed by atoms with Gasteiger partial charge in [-0.15, -0.1) is 11.6 Å². The summed E-state index contributed by atoms with van der Waals surface area (Å²) in [7, 11) is 0. The van der Waals surface area contributed by atoms with Gasteiger partial charge in [0.1, 0.15) is 0 Å². The molecule has 2 aromatic carbocycles. The van der Waals surface area contributed by atoms with Gasteiger partial charge >= 0.3 is 0 Å². The van der Waals surface area contributed by atoms with E-state index >= 15 is 0 Å². The quantitative estimate of drug-likeness (QED) is 0.469.